The Bertz CT molecular complexity index is 863. The zero-order chi connectivity index (χ0) is 16.6. The Morgan fingerprint density at radius 2 is 2.17 bits per heavy atom. The van der Waals surface area contributed by atoms with Crippen molar-refractivity contribution >= 4 is 38.4 Å². The van der Waals surface area contributed by atoms with Gasteiger partial charge in [-0.25, -0.2) is 0 Å². The zero-order valence-electron chi connectivity index (χ0n) is 13.4. The lowest BCUT2D eigenvalue weighted by Crippen LogP contribution is -2.13. The number of halogens is 1. The molecule has 1 aromatic carbocycles. The number of H-pyrrole nitrogens is 1. The maximum Gasteiger partial charge on any atom is 0.277 e. The summed E-state index contributed by atoms with van der Waals surface area (Å²) in [4.78, 5) is 12.4. The Morgan fingerprint density at radius 1 is 1.39 bits per heavy atom. The van der Waals surface area contributed by atoms with E-state index in [2.05, 4.69) is 55.2 Å². The van der Waals surface area contributed by atoms with Crippen LogP contribution in [0.4, 0.5) is 5.69 Å². The monoisotopic (exact) mass is 374 g/mol. The highest BCUT2D eigenvalue weighted by Crippen LogP contribution is 2.27. The minimum absolute atomic E-state index is 0.228. The molecular formula is C17H19BrN4O. The molecule has 3 aromatic rings. The predicted octanol–water partition coefficient (Wildman–Crippen LogP) is 4.52. The van der Waals surface area contributed by atoms with E-state index in [0.717, 1.165) is 33.3 Å². The van der Waals surface area contributed by atoms with Gasteiger partial charge < -0.3 is 9.88 Å². The number of rotatable bonds is 4. The Hall–Kier alpha value is -2.08. The van der Waals surface area contributed by atoms with Crippen molar-refractivity contribution in [1.82, 2.24) is 14.8 Å². The Morgan fingerprint density at radius 3 is 2.83 bits per heavy atom. The number of fused-ring (bicyclic) bond motifs is 1. The first-order valence-electron chi connectivity index (χ1n) is 7.65. The normalized spacial score (nSPS) is 11.3. The molecule has 3 rings (SSSR count). The average molecular weight is 375 g/mol. The summed E-state index contributed by atoms with van der Waals surface area (Å²) in [6.45, 7) is 7.13. The predicted molar refractivity (Wildman–Crippen MR) is 95.9 cm³/mol. The van der Waals surface area contributed by atoms with Gasteiger partial charge in [-0.3, -0.25) is 9.89 Å². The molecule has 0 spiro atoms. The molecule has 0 aliphatic heterocycles. The summed E-state index contributed by atoms with van der Waals surface area (Å²) < 4.78 is 2.89. The Balaban J connectivity index is 1.85. The van der Waals surface area contributed by atoms with Crippen molar-refractivity contribution in [2.24, 2.45) is 0 Å². The topological polar surface area (TPSA) is 62.7 Å². The minimum atomic E-state index is -0.228. The highest BCUT2D eigenvalue weighted by molar-refractivity contribution is 9.10. The molecule has 5 nitrogen and oxygen atoms in total. The van der Waals surface area contributed by atoms with Crippen LogP contribution in [0.25, 0.3) is 10.9 Å². The molecule has 1 amide bonds. The van der Waals surface area contributed by atoms with Crippen LogP contribution in [0.1, 0.15) is 42.9 Å². The number of hydrogen-bond donors (Lipinski definition) is 2. The number of benzene rings is 1. The summed E-state index contributed by atoms with van der Waals surface area (Å²) in [5, 5.41) is 11.1. The molecule has 0 saturated heterocycles. The van der Waals surface area contributed by atoms with Crippen molar-refractivity contribution in [3.05, 3.63) is 46.3 Å². The van der Waals surface area contributed by atoms with Gasteiger partial charge >= 0.3 is 0 Å². The molecule has 0 saturated carbocycles. The first-order valence-corrected chi connectivity index (χ1v) is 8.44. The Labute approximate surface area is 143 Å². The fraction of sp³-hybridized carbons (Fsp3) is 0.294. The number of amides is 1. The lowest BCUT2D eigenvalue weighted by Gasteiger charge is -2.06. The van der Waals surface area contributed by atoms with Crippen molar-refractivity contribution in [3.63, 3.8) is 0 Å². The van der Waals surface area contributed by atoms with E-state index in [9.17, 15) is 4.79 Å². The first kappa shape index (κ1) is 15.8. The van der Waals surface area contributed by atoms with Gasteiger partial charge in [0.15, 0.2) is 5.69 Å². The smallest absolute Gasteiger partial charge is 0.277 e. The molecule has 0 radical (unpaired) electrons. The molecular weight excluding hydrogens is 356 g/mol. The van der Waals surface area contributed by atoms with Gasteiger partial charge in [0.25, 0.3) is 5.91 Å². The highest BCUT2D eigenvalue weighted by atomic mass is 79.9. The van der Waals surface area contributed by atoms with E-state index in [4.69, 9.17) is 0 Å². The second-order valence-corrected chi connectivity index (χ2v) is 6.58. The van der Waals surface area contributed by atoms with E-state index in [-0.39, 0.29) is 11.8 Å². The molecule has 23 heavy (non-hydrogen) atoms. The van der Waals surface area contributed by atoms with Gasteiger partial charge in [0.1, 0.15) is 0 Å². The van der Waals surface area contributed by atoms with Crippen LogP contribution < -0.4 is 5.32 Å². The number of nitrogens with one attached hydrogen (secondary N) is 2. The third kappa shape index (κ3) is 2.91. The van der Waals surface area contributed by atoms with Gasteiger partial charge in [0.05, 0.1) is 10.2 Å². The molecule has 0 unspecified atom stereocenters. The van der Waals surface area contributed by atoms with Gasteiger partial charge in [-0.15, -0.1) is 0 Å². The lowest BCUT2D eigenvalue weighted by molar-refractivity contribution is 0.102. The standard InChI is InChI=1S/C17H19BrN4O/c1-4-22-8-7-11-9-12(5-6-13(11)22)19-17(23)16-14(18)15(10(2)3)20-21-16/h5-10H,4H2,1-3H3,(H,19,23)(H,20,21). The molecule has 2 N–H and O–H groups in total. The van der Waals surface area contributed by atoms with Gasteiger partial charge in [-0.2, -0.15) is 5.10 Å². The highest BCUT2D eigenvalue weighted by Gasteiger charge is 2.19. The fourth-order valence-corrected chi connectivity index (χ4v) is 3.43. The summed E-state index contributed by atoms with van der Waals surface area (Å²) in [6.07, 6.45) is 2.05. The van der Waals surface area contributed by atoms with E-state index in [1.807, 2.05) is 32.0 Å². The lowest BCUT2D eigenvalue weighted by atomic mass is 10.1. The fourth-order valence-electron chi connectivity index (χ4n) is 2.62. The van der Waals surface area contributed by atoms with Crippen molar-refractivity contribution in [1.29, 1.82) is 0 Å². The second kappa shape index (κ2) is 6.20. The first-order chi connectivity index (χ1) is 11.0. The van der Waals surface area contributed by atoms with Crippen molar-refractivity contribution in [3.8, 4) is 0 Å². The van der Waals surface area contributed by atoms with E-state index < -0.39 is 0 Å². The van der Waals surface area contributed by atoms with E-state index in [1.54, 1.807) is 0 Å². The van der Waals surface area contributed by atoms with Crippen LogP contribution in [0.3, 0.4) is 0 Å². The van der Waals surface area contributed by atoms with E-state index in [0.29, 0.717) is 5.69 Å². The third-order valence-corrected chi connectivity index (χ3v) is 4.70. The summed E-state index contributed by atoms with van der Waals surface area (Å²) in [5.74, 6) is 0.0397. The average Bonchev–Trinajstić information content (AvgIpc) is 3.09. The van der Waals surface area contributed by atoms with E-state index >= 15 is 0 Å². The van der Waals surface area contributed by atoms with Crippen LogP contribution in [0.15, 0.2) is 34.9 Å². The Kier molecular flexibility index (Phi) is 4.26. The van der Waals surface area contributed by atoms with Crippen molar-refractivity contribution < 1.29 is 4.79 Å². The van der Waals surface area contributed by atoms with Gasteiger partial charge in [-0.1, -0.05) is 13.8 Å². The van der Waals surface area contributed by atoms with Gasteiger partial charge in [0, 0.05) is 29.3 Å². The van der Waals surface area contributed by atoms with E-state index in [1.165, 1.54) is 0 Å². The molecule has 0 aliphatic rings. The zero-order valence-corrected chi connectivity index (χ0v) is 14.9. The number of anilines is 1. The number of nitrogens with zero attached hydrogens (tertiary/aromatic N) is 2. The number of hydrogen-bond acceptors (Lipinski definition) is 2. The molecule has 0 aliphatic carbocycles. The second-order valence-electron chi connectivity index (χ2n) is 5.78. The molecule has 0 fully saturated rings. The molecule has 6 heteroatoms. The van der Waals surface area contributed by atoms with Crippen LogP contribution in [-0.4, -0.2) is 20.7 Å². The van der Waals surface area contributed by atoms with Crippen molar-refractivity contribution in [2.75, 3.05) is 5.32 Å². The number of aryl methyl sites for hydroxylation is 1. The summed E-state index contributed by atoms with van der Waals surface area (Å²) >= 11 is 3.46. The van der Waals surface area contributed by atoms with Crippen LogP contribution in [0.5, 0.6) is 0 Å². The minimum Gasteiger partial charge on any atom is -0.348 e. The molecule has 2 aromatic heterocycles. The summed E-state index contributed by atoms with van der Waals surface area (Å²) in [5.41, 5.74) is 3.22. The molecule has 0 bridgehead atoms. The quantitative estimate of drug-likeness (QED) is 0.704. The SMILES string of the molecule is CCn1ccc2cc(NC(=O)c3n[nH]c(C(C)C)c3Br)ccc21. The largest absolute Gasteiger partial charge is 0.348 e. The van der Waals surface area contributed by atoms with Crippen LogP contribution in [0, 0.1) is 0 Å². The number of carbonyl (C=O) groups is 1. The van der Waals surface area contributed by atoms with Gasteiger partial charge in [-0.05, 0) is 53.0 Å². The van der Waals surface area contributed by atoms with Crippen molar-refractivity contribution in [2.45, 2.75) is 33.2 Å². The number of carbonyl (C=O) groups excluding carboxylic acids is 1. The maximum atomic E-state index is 12.4. The summed E-state index contributed by atoms with van der Waals surface area (Å²) in [7, 11) is 0. The number of aromatic amines is 1. The molecule has 120 valence electrons. The molecule has 0 atom stereocenters. The van der Waals surface area contributed by atoms with Crippen LogP contribution in [-0.2, 0) is 6.54 Å². The molecule has 2 heterocycles. The van der Waals surface area contributed by atoms with Gasteiger partial charge in [0.2, 0.25) is 0 Å². The van der Waals surface area contributed by atoms with Crippen LogP contribution in [0.2, 0.25) is 0 Å². The van der Waals surface area contributed by atoms with Crippen LogP contribution >= 0.6 is 15.9 Å². The maximum absolute atomic E-state index is 12.4. The summed E-state index contributed by atoms with van der Waals surface area (Å²) in [6, 6.07) is 7.96. The number of aromatic nitrogens is 3. The third-order valence-electron chi connectivity index (χ3n) is 3.89.